The van der Waals surface area contributed by atoms with E-state index in [0.29, 0.717) is 28.4 Å². The lowest BCUT2D eigenvalue weighted by Gasteiger charge is -2.11. The van der Waals surface area contributed by atoms with Crippen LogP contribution in [0.2, 0.25) is 0 Å². The summed E-state index contributed by atoms with van der Waals surface area (Å²) < 4.78 is 11.7. The first-order valence-electron chi connectivity index (χ1n) is 5.63. The topological polar surface area (TPSA) is 66.0 Å². The average molecular weight is 329 g/mol. The standard InChI is InChI=1S/C15H9BrN2O2/c1-19-15-6-10(8-17)2-3-14(15)20-13-5-11(9-18)4-12(16)7-13/h2-7H,1H3. The lowest BCUT2D eigenvalue weighted by atomic mass is 10.2. The van der Waals surface area contributed by atoms with Crippen LogP contribution >= 0.6 is 15.9 Å². The molecule has 5 heteroatoms. The molecule has 0 aliphatic heterocycles. The van der Waals surface area contributed by atoms with Gasteiger partial charge in [0.1, 0.15) is 5.75 Å². The van der Waals surface area contributed by atoms with Crippen LogP contribution in [0.1, 0.15) is 11.1 Å². The second-order valence-electron chi connectivity index (χ2n) is 3.87. The molecule has 0 aromatic heterocycles. The van der Waals surface area contributed by atoms with E-state index in [9.17, 15) is 0 Å². The molecule has 98 valence electrons. The molecule has 0 heterocycles. The van der Waals surface area contributed by atoms with Gasteiger partial charge in [-0.3, -0.25) is 0 Å². The van der Waals surface area contributed by atoms with E-state index in [1.165, 1.54) is 7.11 Å². The number of nitriles is 2. The molecule has 2 rings (SSSR count). The molecule has 2 aromatic carbocycles. The highest BCUT2D eigenvalue weighted by Crippen LogP contribution is 2.33. The van der Waals surface area contributed by atoms with Gasteiger partial charge in [0, 0.05) is 10.5 Å². The fourth-order valence-corrected chi connectivity index (χ4v) is 2.11. The van der Waals surface area contributed by atoms with Crippen molar-refractivity contribution in [1.82, 2.24) is 0 Å². The number of benzene rings is 2. The zero-order valence-electron chi connectivity index (χ0n) is 10.6. The molecule has 0 saturated heterocycles. The molecular formula is C15H9BrN2O2. The van der Waals surface area contributed by atoms with Gasteiger partial charge in [-0.05, 0) is 30.3 Å². The molecular weight excluding hydrogens is 320 g/mol. The largest absolute Gasteiger partial charge is 0.493 e. The maximum Gasteiger partial charge on any atom is 0.169 e. The third-order valence-electron chi connectivity index (χ3n) is 2.52. The van der Waals surface area contributed by atoms with Crippen molar-refractivity contribution in [2.24, 2.45) is 0 Å². The molecule has 20 heavy (non-hydrogen) atoms. The Morgan fingerprint density at radius 3 is 2.35 bits per heavy atom. The highest BCUT2D eigenvalue weighted by molar-refractivity contribution is 9.10. The number of hydrogen-bond acceptors (Lipinski definition) is 4. The van der Waals surface area contributed by atoms with Crippen LogP contribution < -0.4 is 9.47 Å². The quantitative estimate of drug-likeness (QED) is 0.854. The smallest absolute Gasteiger partial charge is 0.169 e. The van der Waals surface area contributed by atoms with Gasteiger partial charge in [0.15, 0.2) is 11.5 Å². The van der Waals surface area contributed by atoms with Gasteiger partial charge in [0.05, 0.1) is 30.4 Å². The van der Waals surface area contributed by atoms with Gasteiger partial charge in [0.2, 0.25) is 0 Å². The molecule has 0 atom stereocenters. The van der Waals surface area contributed by atoms with Crippen molar-refractivity contribution < 1.29 is 9.47 Å². The highest BCUT2D eigenvalue weighted by atomic mass is 79.9. The summed E-state index contributed by atoms with van der Waals surface area (Å²) in [6.07, 6.45) is 0. The summed E-state index contributed by atoms with van der Waals surface area (Å²) in [7, 11) is 1.50. The summed E-state index contributed by atoms with van der Waals surface area (Å²) in [5, 5.41) is 17.8. The monoisotopic (exact) mass is 328 g/mol. The number of rotatable bonds is 3. The molecule has 0 aliphatic rings. The summed E-state index contributed by atoms with van der Waals surface area (Å²) in [6.45, 7) is 0. The van der Waals surface area contributed by atoms with Crippen molar-refractivity contribution in [1.29, 1.82) is 10.5 Å². The molecule has 0 saturated carbocycles. The lowest BCUT2D eigenvalue weighted by molar-refractivity contribution is 0.378. The number of hydrogen-bond donors (Lipinski definition) is 0. The Morgan fingerprint density at radius 1 is 0.950 bits per heavy atom. The fourth-order valence-electron chi connectivity index (χ4n) is 1.63. The molecule has 0 radical (unpaired) electrons. The maximum absolute atomic E-state index is 8.93. The second kappa shape index (κ2) is 6.10. The van der Waals surface area contributed by atoms with Crippen LogP contribution in [-0.4, -0.2) is 7.11 Å². The summed E-state index contributed by atoms with van der Waals surface area (Å²) in [5.74, 6) is 1.45. The van der Waals surface area contributed by atoms with Crippen LogP contribution in [0.3, 0.4) is 0 Å². The number of methoxy groups -OCH3 is 1. The van der Waals surface area contributed by atoms with Gasteiger partial charge in [-0.25, -0.2) is 0 Å². The minimum atomic E-state index is 0.461. The minimum absolute atomic E-state index is 0.461. The summed E-state index contributed by atoms with van der Waals surface area (Å²) in [5.41, 5.74) is 0.975. The van der Waals surface area contributed by atoms with Crippen molar-refractivity contribution in [2.75, 3.05) is 7.11 Å². The normalized spacial score (nSPS) is 9.40. The first-order valence-corrected chi connectivity index (χ1v) is 6.42. The van der Waals surface area contributed by atoms with E-state index in [-0.39, 0.29) is 0 Å². The third kappa shape index (κ3) is 3.09. The molecule has 0 fully saturated rings. The van der Waals surface area contributed by atoms with E-state index < -0.39 is 0 Å². The van der Waals surface area contributed by atoms with E-state index in [2.05, 4.69) is 22.0 Å². The van der Waals surface area contributed by atoms with Crippen molar-refractivity contribution in [3.63, 3.8) is 0 Å². The fraction of sp³-hybridized carbons (Fsp3) is 0.0667. The average Bonchev–Trinajstić information content (AvgIpc) is 2.47. The van der Waals surface area contributed by atoms with E-state index in [4.69, 9.17) is 20.0 Å². The predicted molar refractivity (Wildman–Crippen MR) is 76.6 cm³/mol. The van der Waals surface area contributed by atoms with Crippen LogP contribution in [0.5, 0.6) is 17.2 Å². The first kappa shape index (κ1) is 13.9. The SMILES string of the molecule is COc1cc(C#N)ccc1Oc1cc(Br)cc(C#N)c1. The summed E-state index contributed by atoms with van der Waals surface area (Å²) in [6, 6.07) is 14.1. The van der Waals surface area contributed by atoms with Gasteiger partial charge >= 0.3 is 0 Å². The van der Waals surface area contributed by atoms with Gasteiger partial charge in [-0.15, -0.1) is 0 Å². The van der Waals surface area contributed by atoms with Crippen molar-refractivity contribution in [2.45, 2.75) is 0 Å². The van der Waals surface area contributed by atoms with Crippen LogP contribution in [0, 0.1) is 22.7 Å². The molecule has 0 spiro atoms. The van der Waals surface area contributed by atoms with Crippen molar-refractivity contribution >= 4 is 15.9 Å². The van der Waals surface area contributed by atoms with Crippen molar-refractivity contribution in [3.05, 3.63) is 52.0 Å². The molecule has 4 nitrogen and oxygen atoms in total. The molecule has 0 aliphatic carbocycles. The van der Waals surface area contributed by atoms with E-state index >= 15 is 0 Å². The number of nitrogens with zero attached hydrogens (tertiary/aromatic N) is 2. The molecule has 2 aromatic rings. The van der Waals surface area contributed by atoms with Crippen LogP contribution in [-0.2, 0) is 0 Å². The van der Waals surface area contributed by atoms with Crippen LogP contribution in [0.4, 0.5) is 0 Å². The molecule has 0 amide bonds. The number of ether oxygens (including phenoxy) is 2. The summed E-state index contributed by atoms with van der Waals surface area (Å²) >= 11 is 3.32. The Labute approximate surface area is 124 Å². The Balaban J connectivity index is 2.38. The van der Waals surface area contributed by atoms with E-state index in [1.54, 1.807) is 36.4 Å². The Bertz CT molecular complexity index is 730. The highest BCUT2D eigenvalue weighted by Gasteiger charge is 2.08. The van der Waals surface area contributed by atoms with E-state index in [1.807, 2.05) is 6.07 Å². The first-order chi connectivity index (χ1) is 9.66. The summed E-state index contributed by atoms with van der Waals surface area (Å²) in [4.78, 5) is 0. The Hall–Kier alpha value is -2.50. The number of halogens is 1. The van der Waals surface area contributed by atoms with Gasteiger partial charge in [-0.2, -0.15) is 10.5 Å². The van der Waals surface area contributed by atoms with Gasteiger partial charge in [0.25, 0.3) is 0 Å². The zero-order chi connectivity index (χ0) is 14.5. The van der Waals surface area contributed by atoms with Crippen molar-refractivity contribution in [3.8, 4) is 29.4 Å². The maximum atomic E-state index is 8.93. The van der Waals surface area contributed by atoms with Gasteiger partial charge < -0.3 is 9.47 Å². The van der Waals surface area contributed by atoms with E-state index in [0.717, 1.165) is 4.47 Å². The van der Waals surface area contributed by atoms with Gasteiger partial charge in [-0.1, -0.05) is 15.9 Å². The molecule has 0 N–H and O–H groups in total. The lowest BCUT2D eigenvalue weighted by Crippen LogP contribution is -1.92. The minimum Gasteiger partial charge on any atom is -0.493 e. The van der Waals surface area contributed by atoms with Crippen LogP contribution in [0.25, 0.3) is 0 Å². The zero-order valence-corrected chi connectivity index (χ0v) is 12.1. The van der Waals surface area contributed by atoms with Crippen LogP contribution in [0.15, 0.2) is 40.9 Å². The third-order valence-corrected chi connectivity index (χ3v) is 2.98. The Kier molecular flexibility index (Phi) is 4.24. The Morgan fingerprint density at radius 2 is 1.70 bits per heavy atom. The second-order valence-corrected chi connectivity index (χ2v) is 4.78. The predicted octanol–water partition coefficient (Wildman–Crippen LogP) is 3.99. The molecule has 0 unspecified atom stereocenters. The molecule has 0 bridgehead atoms.